The molecular formula is C41H55FN4S3. The first-order valence-corrected chi connectivity index (χ1v) is 17.6. The van der Waals surface area contributed by atoms with Crippen LogP contribution in [0.2, 0.25) is 0 Å². The highest BCUT2D eigenvalue weighted by molar-refractivity contribution is 7.16. The summed E-state index contributed by atoms with van der Waals surface area (Å²) in [5.74, 6) is -0.344. The van der Waals surface area contributed by atoms with Gasteiger partial charge >= 0.3 is 0 Å². The third-order valence-electron chi connectivity index (χ3n) is 6.59. The van der Waals surface area contributed by atoms with Crippen molar-refractivity contribution in [1.29, 1.82) is 5.26 Å². The van der Waals surface area contributed by atoms with E-state index in [-0.39, 0.29) is 42.3 Å². The van der Waals surface area contributed by atoms with Gasteiger partial charge in [0.2, 0.25) is 15.0 Å². The molecule has 264 valence electrons. The molecule has 0 radical (unpaired) electrons. The maximum atomic E-state index is 13.0. The number of hydrogen-bond acceptors (Lipinski definition) is 4. The van der Waals surface area contributed by atoms with Gasteiger partial charge in [-0.3, -0.25) is 0 Å². The Balaban J connectivity index is 0. The quantitative estimate of drug-likeness (QED) is 0.167. The van der Waals surface area contributed by atoms with E-state index in [2.05, 4.69) is 89.2 Å². The molecule has 49 heavy (non-hydrogen) atoms. The van der Waals surface area contributed by atoms with E-state index in [4.69, 9.17) is 25.0 Å². The summed E-state index contributed by atoms with van der Waals surface area (Å²) >= 11 is 4.72. The first-order valence-electron chi connectivity index (χ1n) is 15.1. The highest BCUT2D eigenvalue weighted by Crippen LogP contribution is 2.37. The molecule has 0 spiro atoms. The van der Waals surface area contributed by atoms with Crippen LogP contribution in [0.5, 0.6) is 0 Å². The van der Waals surface area contributed by atoms with Crippen LogP contribution in [0.25, 0.3) is 14.5 Å². The summed E-state index contributed by atoms with van der Waals surface area (Å²) in [5.41, 5.74) is 4.17. The molecule has 0 N–H and O–H groups in total. The Hall–Kier alpha value is -3.79. The summed E-state index contributed by atoms with van der Waals surface area (Å²) in [5, 5.41) is 13.1. The lowest BCUT2D eigenvalue weighted by Gasteiger charge is -2.18. The van der Waals surface area contributed by atoms with Gasteiger partial charge in [-0.25, -0.2) is 18.9 Å². The summed E-state index contributed by atoms with van der Waals surface area (Å²) in [6.07, 6.45) is 0. The highest BCUT2D eigenvalue weighted by Gasteiger charge is 2.19. The van der Waals surface area contributed by atoms with Gasteiger partial charge in [-0.15, -0.1) is 0 Å². The van der Waals surface area contributed by atoms with Crippen molar-refractivity contribution in [3.8, 4) is 6.07 Å². The lowest BCUT2D eigenvalue weighted by Crippen LogP contribution is -2.11. The Labute approximate surface area is 309 Å². The molecular weight excluding hydrogens is 664 g/mol. The van der Waals surface area contributed by atoms with Gasteiger partial charge < -0.3 is 0 Å². The number of rotatable bonds is 0. The van der Waals surface area contributed by atoms with Gasteiger partial charge in [-0.1, -0.05) is 104 Å². The molecule has 3 heterocycles. The summed E-state index contributed by atoms with van der Waals surface area (Å²) < 4.78 is 13.0. The van der Waals surface area contributed by atoms with Crippen molar-refractivity contribution >= 4 is 49.0 Å². The zero-order valence-corrected chi connectivity index (χ0v) is 32.5. The van der Waals surface area contributed by atoms with Crippen LogP contribution in [0.3, 0.4) is 0 Å². The molecule has 4 rings (SSSR count). The summed E-state index contributed by atoms with van der Waals surface area (Å²) in [7, 11) is 0. The topological polar surface area (TPSA) is 36.9 Å². The average Bonchev–Trinajstić information content (AvgIpc) is 3.72. The van der Waals surface area contributed by atoms with Crippen molar-refractivity contribution in [2.45, 2.75) is 127 Å². The van der Waals surface area contributed by atoms with E-state index in [9.17, 15) is 4.39 Å². The van der Waals surface area contributed by atoms with Gasteiger partial charge in [0, 0.05) is 0 Å². The predicted octanol–water partition coefficient (Wildman–Crippen LogP) is 15.4. The molecule has 3 aromatic heterocycles. The molecule has 0 saturated carbocycles. The van der Waals surface area contributed by atoms with E-state index in [0.29, 0.717) is 5.56 Å². The van der Waals surface area contributed by atoms with Crippen LogP contribution >= 0.6 is 34.0 Å². The second kappa shape index (κ2) is 19.4. The summed E-state index contributed by atoms with van der Waals surface area (Å²) in [6.45, 7) is 48.0. The fraction of sp³-hybridized carbons (Fsp3) is 0.463. The van der Waals surface area contributed by atoms with E-state index >= 15 is 0 Å². The molecule has 4 nitrogen and oxygen atoms in total. The number of nitrogens with zero attached hydrogens (tertiary/aromatic N) is 4. The SMILES string of the molecule is C.C.CC(C)(C)c1cc(F)cc(C#N)c1.[C-]#[N+]c1cc(C(C)(C)C)cs1.[C-]#[N+]c1cc(C)c(C(C)(C)C)s1.[C-]#[N+]c1ccc(C(C)(C)C)s1. The van der Waals surface area contributed by atoms with Crippen molar-refractivity contribution < 1.29 is 4.39 Å². The minimum absolute atomic E-state index is 0. The molecule has 0 aliphatic heterocycles. The van der Waals surface area contributed by atoms with Crippen molar-refractivity contribution in [1.82, 2.24) is 0 Å². The predicted molar refractivity (Wildman–Crippen MR) is 216 cm³/mol. The Bertz CT molecular complexity index is 1720. The number of hydrogen-bond donors (Lipinski definition) is 0. The molecule has 4 aromatic rings. The average molecular weight is 719 g/mol. The normalized spacial score (nSPS) is 10.7. The Morgan fingerprint density at radius 2 is 1.16 bits per heavy atom. The molecule has 0 bridgehead atoms. The first kappa shape index (κ1) is 47.3. The van der Waals surface area contributed by atoms with Crippen LogP contribution in [0.1, 0.15) is 130 Å². The van der Waals surface area contributed by atoms with Crippen LogP contribution in [0.4, 0.5) is 19.4 Å². The van der Waals surface area contributed by atoms with Crippen molar-refractivity contribution in [2.75, 3.05) is 0 Å². The molecule has 0 saturated heterocycles. The standard InChI is InChI=1S/C11H12FN.C10H13NS.2C9H11NS.2CH4/c1-11(2,3)9-4-8(7-13)5-10(12)6-9;1-7-6-8(11-5)12-9(7)10(2,3)4;1-9(2,3)7-5-8(10-4)11-6-7;1-9(2,3)7-5-6-8(10-4)11-7;;/h4-6H,1-3H3;6H,1-4H3;2*5-6H,1-3H3;2*1H4. The van der Waals surface area contributed by atoms with E-state index in [1.54, 1.807) is 28.7 Å². The van der Waals surface area contributed by atoms with Gasteiger partial charge in [0.05, 0.1) is 31.3 Å². The zero-order chi connectivity index (χ0) is 36.4. The van der Waals surface area contributed by atoms with E-state index in [0.717, 1.165) is 20.6 Å². The number of nitriles is 1. The number of thiophene rings is 3. The number of aryl methyl sites for hydroxylation is 1. The van der Waals surface area contributed by atoms with Crippen molar-refractivity contribution in [2.24, 2.45) is 0 Å². The fourth-order valence-corrected chi connectivity index (χ4v) is 6.70. The molecule has 0 atom stereocenters. The van der Waals surface area contributed by atoms with Gasteiger partial charge in [-0.2, -0.15) is 39.3 Å². The van der Waals surface area contributed by atoms with Gasteiger partial charge in [0.1, 0.15) is 5.82 Å². The molecule has 0 fully saturated rings. The molecule has 8 heteroatoms. The first-order chi connectivity index (χ1) is 21.5. The summed E-state index contributed by atoms with van der Waals surface area (Å²) in [6, 6.07) is 14.3. The number of benzene rings is 1. The van der Waals surface area contributed by atoms with Gasteiger partial charge in [0.15, 0.2) is 0 Å². The molecule has 0 amide bonds. The minimum atomic E-state index is -0.344. The van der Waals surface area contributed by atoms with E-state index in [1.165, 1.54) is 44.4 Å². The van der Waals surface area contributed by atoms with Crippen LogP contribution in [0.15, 0.2) is 47.8 Å². The molecule has 0 unspecified atom stereocenters. The van der Waals surface area contributed by atoms with Crippen LogP contribution < -0.4 is 0 Å². The monoisotopic (exact) mass is 718 g/mol. The second-order valence-corrected chi connectivity index (χ2v) is 18.1. The lowest BCUT2D eigenvalue weighted by molar-refractivity contribution is 0.572. The summed E-state index contributed by atoms with van der Waals surface area (Å²) in [4.78, 5) is 12.8. The second-order valence-electron chi connectivity index (χ2n) is 15.1. The Morgan fingerprint density at radius 3 is 1.47 bits per heavy atom. The van der Waals surface area contributed by atoms with Crippen molar-refractivity contribution in [3.05, 3.63) is 120 Å². The zero-order valence-electron chi connectivity index (χ0n) is 30.0. The van der Waals surface area contributed by atoms with Crippen LogP contribution in [-0.4, -0.2) is 0 Å². The van der Waals surface area contributed by atoms with Gasteiger partial charge in [0.25, 0.3) is 0 Å². The maximum absolute atomic E-state index is 13.0. The Kier molecular flexibility index (Phi) is 18.7. The third-order valence-corrected chi connectivity index (χ3v) is 10.4. The smallest absolute Gasteiger partial charge is 0.227 e. The molecule has 0 aliphatic rings. The fourth-order valence-electron chi connectivity index (χ4n) is 3.92. The molecule has 0 aliphatic carbocycles. The van der Waals surface area contributed by atoms with E-state index < -0.39 is 0 Å². The third kappa shape index (κ3) is 16.0. The maximum Gasteiger partial charge on any atom is 0.241 e. The van der Waals surface area contributed by atoms with Gasteiger partial charge in [-0.05, 0) is 96.8 Å². The lowest BCUT2D eigenvalue weighted by atomic mass is 9.86. The highest BCUT2D eigenvalue weighted by atomic mass is 32.1. The number of halogens is 1. The minimum Gasteiger partial charge on any atom is -0.227 e. The van der Waals surface area contributed by atoms with Crippen LogP contribution in [-0.2, 0) is 21.7 Å². The van der Waals surface area contributed by atoms with Crippen molar-refractivity contribution in [3.63, 3.8) is 0 Å². The van der Waals surface area contributed by atoms with Crippen LogP contribution in [0, 0.1) is 43.8 Å². The molecule has 1 aromatic carbocycles. The Morgan fingerprint density at radius 1 is 0.633 bits per heavy atom. The van der Waals surface area contributed by atoms with E-state index in [1.807, 2.05) is 51.1 Å². The largest absolute Gasteiger partial charge is 0.241 e.